The molecule has 0 aromatic rings. The molecule has 1 aliphatic heterocycles. The van der Waals surface area contributed by atoms with E-state index in [1.807, 2.05) is 0 Å². The van der Waals surface area contributed by atoms with Crippen LogP contribution in [0.15, 0.2) is 0 Å². The van der Waals surface area contributed by atoms with Gasteiger partial charge >= 0.3 is 0 Å². The highest BCUT2D eigenvalue weighted by molar-refractivity contribution is 5.05. The molecule has 0 radical (unpaired) electrons. The lowest BCUT2D eigenvalue weighted by molar-refractivity contribution is -0.0619. The molecule has 0 bridgehead atoms. The van der Waals surface area contributed by atoms with Gasteiger partial charge in [0.1, 0.15) is 0 Å². The van der Waals surface area contributed by atoms with Gasteiger partial charge in [-0.2, -0.15) is 0 Å². The highest BCUT2D eigenvalue weighted by Crippen LogP contribution is 2.41. The zero-order valence-corrected chi connectivity index (χ0v) is 9.19. The van der Waals surface area contributed by atoms with Crippen molar-refractivity contribution in [1.29, 1.82) is 0 Å². The normalized spacial score (nSPS) is 28.8. The van der Waals surface area contributed by atoms with E-state index in [0.717, 1.165) is 0 Å². The molecule has 13 heavy (non-hydrogen) atoms. The monoisotopic (exact) mass is 182 g/mol. The van der Waals surface area contributed by atoms with Crippen molar-refractivity contribution in [2.75, 3.05) is 19.6 Å². The molecule has 1 heterocycles. The molecule has 1 N–H and O–H groups in total. The second kappa shape index (κ2) is 2.96. The molecule has 1 spiro atoms. The molecule has 2 fully saturated rings. The van der Waals surface area contributed by atoms with Crippen LogP contribution in [0.2, 0.25) is 0 Å². The second-order valence-electron chi connectivity index (χ2n) is 5.58. The molecule has 1 saturated heterocycles. The molecule has 1 saturated carbocycles. The van der Waals surface area contributed by atoms with Gasteiger partial charge in [-0.3, -0.25) is 4.90 Å². The Labute approximate surface area is 81.7 Å². The van der Waals surface area contributed by atoms with Crippen molar-refractivity contribution < 1.29 is 0 Å². The van der Waals surface area contributed by atoms with Crippen molar-refractivity contribution in [3.05, 3.63) is 0 Å². The van der Waals surface area contributed by atoms with Crippen LogP contribution in [0.25, 0.3) is 0 Å². The Balaban J connectivity index is 2.14. The van der Waals surface area contributed by atoms with E-state index < -0.39 is 0 Å². The first-order valence-corrected chi connectivity index (χ1v) is 5.53. The van der Waals surface area contributed by atoms with Gasteiger partial charge < -0.3 is 5.32 Å². The van der Waals surface area contributed by atoms with Crippen molar-refractivity contribution in [2.24, 2.45) is 0 Å². The van der Waals surface area contributed by atoms with E-state index >= 15 is 0 Å². The number of nitrogens with one attached hydrogen (secondary N) is 1. The molecule has 0 amide bonds. The zero-order chi connectivity index (χ0) is 9.53. The van der Waals surface area contributed by atoms with Crippen LogP contribution in [0, 0.1) is 0 Å². The van der Waals surface area contributed by atoms with E-state index in [9.17, 15) is 0 Å². The summed E-state index contributed by atoms with van der Waals surface area (Å²) < 4.78 is 0. The molecule has 2 aliphatic rings. The van der Waals surface area contributed by atoms with Crippen LogP contribution in [-0.2, 0) is 0 Å². The van der Waals surface area contributed by atoms with Crippen molar-refractivity contribution >= 4 is 0 Å². The first-order valence-electron chi connectivity index (χ1n) is 5.53. The minimum Gasteiger partial charge on any atom is -0.314 e. The maximum atomic E-state index is 3.54. The van der Waals surface area contributed by atoms with Crippen LogP contribution >= 0.6 is 0 Å². The maximum Gasteiger partial charge on any atom is 0.0339 e. The van der Waals surface area contributed by atoms with Crippen LogP contribution in [0.3, 0.4) is 0 Å². The fourth-order valence-corrected chi connectivity index (χ4v) is 2.92. The Morgan fingerprint density at radius 3 is 2.31 bits per heavy atom. The summed E-state index contributed by atoms with van der Waals surface area (Å²) in [6.45, 7) is 10.6. The molecule has 0 unspecified atom stereocenters. The third kappa shape index (κ3) is 1.50. The lowest BCUT2D eigenvalue weighted by atomic mass is 9.72. The van der Waals surface area contributed by atoms with Crippen LogP contribution < -0.4 is 5.32 Å². The predicted octanol–water partition coefficient (Wildman–Crippen LogP) is 1.61. The van der Waals surface area contributed by atoms with Gasteiger partial charge in [-0.25, -0.2) is 0 Å². The van der Waals surface area contributed by atoms with Crippen molar-refractivity contribution in [3.8, 4) is 0 Å². The van der Waals surface area contributed by atoms with Gasteiger partial charge in [0.2, 0.25) is 0 Å². The highest BCUT2D eigenvalue weighted by atomic mass is 15.3. The van der Waals surface area contributed by atoms with E-state index in [0.29, 0.717) is 11.1 Å². The summed E-state index contributed by atoms with van der Waals surface area (Å²) in [5.41, 5.74) is 0.874. The molecular formula is C11H22N2. The van der Waals surface area contributed by atoms with Gasteiger partial charge in [0, 0.05) is 30.7 Å². The van der Waals surface area contributed by atoms with Gasteiger partial charge in [-0.15, -0.1) is 0 Å². The quantitative estimate of drug-likeness (QED) is 0.612. The third-order valence-corrected chi connectivity index (χ3v) is 3.63. The average Bonchev–Trinajstić information content (AvgIpc) is 2.00. The fourth-order valence-electron chi connectivity index (χ4n) is 2.92. The van der Waals surface area contributed by atoms with Crippen molar-refractivity contribution in [3.63, 3.8) is 0 Å². The van der Waals surface area contributed by atoms with E-state index in [4.69, 9.17) is 0 Å². The minimum atomic E-state index is 0.350. The molecule has 2 rings (SSSR count). The van der Waals surface area contributed by atoms with E-state index in [1.54, 1.807) is 0 Å². The molecule has 76 valence electrons. The summed E-state index contributed by atoms with van der Waals surface area (Å²) in [5.74, 6) is 0. The van der Waals surface area contributed by atoms with Gasteiger partial charge in [0.15, 0.2) is 0 Å². The Kier molecular flexibility index (Phi) is 2.16. The molecule has 0 aromatic carbocycles. The molecule has 2 nitrogen and oxygen atoms in total. The van der Waals surface area contributed by atoms with Gasteiger partial charge in [0.05, 0.1) is 0 Å². The lowest BCUT2D eigenvalue weighted by Crippen LogP contribution is -2.69. The SMILES string of the molecule is CC(C)(C)N1CCNCC12CCC2. The van der Waals surface area contributed by atoms with Crippen molar-refractivity contribution in [2.45, 2.75) is 51.1 Å². The summed E-state index contributed by atoms with van der Waals surface area (Å²) in [6, 6.07) is 0. The van der Waals surface area contributed by atoms with E-state index in [-0.39, 0.29) is 0 Å². The summed E-state index contributed by atoms with van der Waals surface area (Å²) in [7, 11) is 0. The molecule has 2 heteroatoms. The smallest absolute Gasteiger partial charge is 0.0339 e. The Hall–Kier alpha value is -0.0800. The highest BCUT2D eigenvalue weighted by Gasteiger charge is 2.47. The Morgan fingerprint density at radius 1 is 1.23 bits per heavy atom. The number of nitrogens with zero attached hydrogens (tertiary/aromatic N) is 1. The van der Waals surface area contributed by atoms with Crippen molar-refractivity contribution in [1.82, 2.24) is 10.2 Å². The predicted molar refractivity (Wildman–Crippen MR) is 55.9 cm³/mol. The zero-order valence-electron chi connectivity index (χ0n) is 9.19. The molecule has 0 aromatic heterocycles. The number of hydrogen-bond donors (Lipinski definition) is 1. The molecular weight excluding hydrogens is 160 g/mol. The number of piperazine rings is 1. The summed E-state index contributed by atoms with van der Waals surface area (Å²) >= 11 is 0. The van der Waals surface area contributed by atoms with Crippen LogP contribution in [-0.4, -0.2) is 35.6 Å². The van der Waals surface area contributed by atoms with E-state index in [2.05, 4.69) is 31.0 Å². The lowest BCUT2D eigenvalue weighted by Gasteiger charge is -2.58. The number of rotatable bonds is 0. The third-order valence-electron chi connectivity index (χ3n) is 3.63. The number of hydrogen-bond acceptors (Lipinski definition) is 2. The second-order valence-corrected chi connectivity index (χ2v) is 5.58. The minimum absolute atomic E-state index is 0.350. The summed E-state index contributed by atoms with van der Waals surface area (Å²) in [6.07, 6.45) is 4.22. The fraction of sp³-hybridized carbons (Fsp3) is 1.00. The standard InChI is InChI=1S/C11H22N2/c1-10(2,3)13-8-7-12-9-11(13)5-4-6-11/h12H,4-9H2,1-3H3. The molecule has 0 atom stereocenters. The first kappa shape index (κ1) is 9.47. The largest absolute Gasteiger partial charge is 0.314 e. The van der Waals surface area contributed by atoms with Gasteiger partial charge in [0.25, 0.3) is 0 Å². The summed E-state index contributed by atoms with van der Waals surface area (Å²) in [4.78, 5) is 2.72. The Bertz CT molecular complexity index is 189. The Morgan fingerprint density at radius 2 is 1.92 bits per heavy atom. The average molecular weight is 182 g/mol. The van der Waals surface area contributed by atoms with Crippen LogP contribution in [0.1, 0.15) is 40.0 Å². The first-order chi connectivity index (χ1) is 6.05. The topological polar surface area (TPSA) is 15.3 Å². The molecule has 1 aliphatic carbocycles. The maximum absolute atomic E-state index is 3.54. The van der Waals surface area contributed by atoms with Crippen LogP contribution in [0.5, 0.6) is 0 Å². The van der Waals surface area contributed by atoms with Gasteiger partial charge in [-0.1, -0.05) is 0 Å². The summed E-state index contributed by atoms with van der Waals surface area (Å²) in [5, 5.41) is 3.54. The van der Waals surface area contributed by atoms with Gasteiger partial charge in [-0.05, 0) is 40.0 Å². The van der Waals surface area contributed by atoms with Crippen LogP contribution in [0.4, 0.5) is 0 Å². The van der Waals surface area contributed by atoms with E-state index in [1.165, 1.54) is 38.9 Å².